The number of ether oxygens (including phenoxy) is 2. The summed E-state index contributed by atoms with van der Waals surface area (Å²) < 4.78 is 16.7. The molecule has 0 aliphatic carbocycles. The van der Waals surface area contributed by atoms with E-state index >= 15 is 0 Å². The van der Waals surface area contributed by atoms with Crippen LogP contribution in [0.2, 0.25) is 0 Å². The van der Waals surface area contributed by atoms with Crippen LogP contribution in [0.1, 0.15) is 62.3 Å². The summed E-state index contributed by atoms with van der Waals surface area (Å²) in [6.45, 7) is 13.6. The molecule has 4 aromatic heterocycles. The fourth-order valence-electron chi connectivity index (χ4n) is 6.23. The van der Waals surface area contributed by atoms with Crippen LogP contribution in [0.5, 0.6) is 11.8 Å². The highest BCUT2D eigenvalue weighted by Gasteiger charge is 2.26. The fourth-order valence-corrected chi connectivity index (χ4v) is 6.23. The zero-order valence-electron chi connectivity index (χ0n) is 25.0. The maximum absolute atomic E-state index is 6.57. The van der Waals surface area contributed by atoms with Gasteiger partial charge in [0, 0.05) is 32.1 Å². The van der Waals surface area contributed by atoms with Gasteiger partial charge in [-0.05, 0) is 78.9 Å². The van der Waals surface area contributed by atoms with Gasteiger partial charge in [0.25, 0.3) is 0 Å². The number of hydrogen-bond acceptors (Lipinski definition) is 8. The molecule has 0 amide bonds. The molecule has 0 spiro atoms. The maximum Gasteiger partial charge on any atom is 0.240 e. The van der Waals surface area contributed by atoms with Gasteiger partial charge in [0.1, 0.15) is 6.10 Å². The lowest BCUT2D eigenvalue weighted by Crippen LogP contribution is -2.33. The quantitative estimate of drug-likeness (QED) is 0.386. The van der Waals surface area contributed by atoms with Crippen molar-refractivity contribution in [1.82, 2.24) is 44.5 Å². The van der Waals surface area contributed by atoms with E-state index in [1.165, 1.54) is 12.8 Å². The molecule has 11 nitrogen and oxygen atoms in total. The van der Waals surface area contributed by atoms with Gasteiger partial charge in [0.15, 0.2) is 0 Å². The Kier molecular flexibility index (Phi) is 7.56. The summed E-state index contributed by atoms with van der Waals surface area (Å²) in [7, 11) is 4.05. The van der Waals surface area contributed by atoms with Gasteiger partial charge >= 0.3 is 0 Å². The number of likely N-dealkylation sites (tertiary alicyclic amines) is 1. The largest absolute Gasteiger partial charge is 0.476 e. The van der Waals surface area contributed by atoms with Gasteiger partial charge in [-0.25, -0.2) is 4.68 Å². The first-order valence-corrected chi connectivity index (χ1v) is 14.7. The van der Waals surface area contributed by atoms with Crippen molar-refractivity contribution in [2.24, 2.45) is 7.05 Å². The molecule has 1 N–H and O–H groups in total. The van der Waals surface area contributed by atoms with Crippen LogP contribution in [0.3, 0.4) is 0 Å². The first-order valence-electron chi connectivity index (χ1n) is 14.7. The van der Waals surface area contributed by atoms with Gasteiger partial charge in [-0.1, -0.05) is 0 Å². The number of pyridine rings is 1. The second-order valence-electron chi connectivity index (χ2n) is 11.5. The fraction of sp³-hybridized carbons (Fsp3) is 0.533. The van der Waals surface area contributed by atoms with Crippen molar-refractivity contribution >= 4 is 23.1 Å². The van der Waals surface area contributed by atoms with Crippen LogP contribution in [-0.2, 0) is 13.6 Å². The smallest absolute Gasteiger partial charge is 0.240 e. The Morgan fingerprint density at radius 1 is 1.17 bits per heavy atom. The van der Waals surface area contributed by atoms with E-state index in [0.29, 0.717) is 24.9 Å². The van der Waals surface area contributed by atoms with E-state index in [0.717, 1.165) is 71.0 Å². The van der Waals surface area contributed by atoms with Crippen LogP contribution in [0.15, 0.2) is 12.3 Å². The number of nitrogens with zero attached hydrogens (tertiary/aromatic N) is 8. The van der Waals surface area contributed by atoms with Crippen LogP contribution >= 0.6 is 0 Å². The zero-order valence-corrected chi connectivity index (χ0v) is 25.0. The molecule has 11 heteroatoms. The molecular formula is C30H41N9O2. The van der Waals surface area contributed by atoms with E-state index in [1.54, 1.807) is 0 Å². The lowest BCUT2D eigenvalue weighted by molar-refractivity contribution is 0.146. The third-order valence-corrected chi connectivity index (χ3v) is 8.05. The van der Waals surface area contributed by atoms with Crippen LogP contribution in [0.4, 0.5) is 0 Å². The molecule has 2 atom stereocenters. The molecule has 218 valence electrons. The maximum atomic E-state index is 6.57. The minimum absolute atomic E-state index is 0.0874. The highest BCUT2D eigenvalue weighted by Crippen LogP contribution is 2.35. The summed E-state index contributed by atoms with van der Waals surface area (Å²) in [5.41, 5.74) is 6.41. The SMILES string of the molecule is CCOc1nn([C@@H](C)CN2CCCC2)c2c1/C=C/c1n[nH]c3cnc(cc13)-c1c(C)nn(C)c1O[C@@H](C)CN(C)C2. The van der Waals surface area contributed by atoms with Crippen molar-refractivity contribution in [3.63, 3.8) is 0 Å². The summed E-state index contributed by atoms with van der Waals surface area (Å²) >= 11 is 0. The van der Waals surface area contributed by atoms with Gasteiger partial charge in [0.2, 0.25) is 11.8 Å². The molecule has 4 aromatic rings. The number of aryl methyl sites for hydroxylation is 2. The molecule has 0 aromatic carbocycles. The van der Waals surface area contributed by atoms with Crippen LogP contribution < -0.4 is 9.47 Å². The van der Waals surface area contributed by atoms with Crippen LogP contribution in [0, 0.1) is 6.92 Å². The summed E-state index contributed by atoms with van der Waals surface area (Å²) in [5.74, 6) is 1.37. The lowest BCUT2D eigenvalue weighted by Gasteiger charge is -2.26. The molecular weight excluding hydrogens is 518 g/mol. The topological polar surface area (TPSA) is 102 Å². The zero-order chi connectivity index (χ0) is 28.7. The van der Waals surface area contributed by atoms with Crippen molar-refractivity contribution in [1.29, 1.82) is 0 Å². The minimum Gasteiger partial charge on any atom is -0.476 e. The lowest BCUT2D eigenvalue weighted by atomic mass is 10.1. The van der Waals surface area contributed by atoms with Crippen molar-refractivity contribution in [2.45, 2.75) is 59.2 Å². The Morgan fingerprint density at radius 2 is 1.98 bits per heavy atom. The summed E-state index contributed by atoms with van der Waals surface area (Å²) in [4.78, 5) is 9.58. The Morgan fingerprint density at radius 3 is 2.76 bits per heavy atom. The number of H-pyrrole nitrogens is 1. The summed E-state index contributed by atoms with van der Waals surface area (Å²) in [6, 6.07) is 2.27. The Labute approximate surface area is 241 Å². The van der Waals surface area contributed by atoms with Gasteiger partial charge in [0.05, 0.1) is 58.3 Å². The second-order valence-corrected chi connectivity index (χ2v) is 11.5. The number of hydrogen-bond donors (Lipinski definition) is 1. The molecule has 0 unspecified atom stereocenters. The highest BCUT2D eigenvalue weighted by atomic mass is 16.5. The normalized spacial score (nSPS) is 19.9. The molecule has 1 fully saturated rings. The van der Waals surface area contributed by atoms with Crippen molar-refractivity contribution in [2.75, 3.05) is 39.8 Å². The molecule has 6 rings (SSSR count). The minimum atomic E-state index is -0.0874. The first-order chi connectivity index (χ1) is 19.8. The number of rotatable bonds is 5. The Bertz CT molecular complexity index is 1560. The Balaban J connectivity index is 1.48. The number of aromatic nitrogens is 7. The molecule has 2 aliphatic rings. The first kappa shape index (κ1) is 27.5. The van der Waals surface area contributed by atoms with Gasteiger partial charge in [-0.2, -0.15) is 10.2 Å². The summed E-state index contributed by atoms with van der Waals surface area (Å²) in [6.07, 6.45) is 8.44. The molecule has 2 bridgehead atoms. The number of likely N-dealkylation sites (N-methyl/N-ethyl adjacent to an activating group) is 1. The monoisotopic (exact) mass is 559 g/mol. The second kappa shape index (κ2) is 11.3. The van der Waals surface area contributed by atoms with E-state index in [9.17, 15) is 0 Å². The van der Waals surface area contributed by atoms with E-state index < -0.39 is 0 Å². The third kappa shape index (κ3) is 5.36. The predicted octanol–water partition coefficient (Wildman–Crippen LogP) is 4.30. The molecule has 6 heterocycles. The molecule has 41 heavy (non-hydrogen) atoms. The number of aromatic amines is 1. The van der Waals surface area contributed by atoms with Crippen molar-refractivity contribution in [3.8, 4) is 23.0 Å². The molecule has 2 aliphatic heterocycles. The van der Waals surface area contributed by atoms with Crippen molar-refractivity contribution in [3.05, 3.63) is 34.9 Å². The highest BCUT2D eigenvalue weighted by molar-refractivity contribution is 5.92. The standard InChI is InChI=1S/C30H41N9O2/c1-7-40-29-22-10-11-24-23-14-25(31-15-26(23)33-32-24)28-21(4)34-37(6)30(28)41-20(3)17-36(5)18-27(22)39(35-29)19(2)16-38-12-8-9-13-38/h10-11,14-15,19-20H,7-9,12-13,16-18H2,1-6H3,(H,32,33)/b11-10+/t19-,20-/m0/s1. The van der Waals surface area contributed by atoms with E-state index in [2.05, 4.69) is 68.9 Å². The summed E-state index contributed by atoms with van der Waals surface area (Å²) in [5, 5.41) is 18.5. The predicted molar refractivity (Wildman–Crippen MR) is 160 cm³/mol. The van der Waals surface area contributed by atoms with E-state index in [4.69, 9.17) is 19.6 Å². The molecule has 0 radical (unpaired) electrons. The van der Waals surface area contributed by atoms with E-state index in [-0.39, 0.29) is 12.1 Å². The molecule has 0 saturated carbocycles. The van der Waals surface area contributed by atoms with E-state index in [1.807, 2.05) is 31.8 Å². The van der Waals surface area contributed by atoms with Gasteiger partial charge in [-0.15, -0.1) is 5.10 Å². The van der Waals surface area contributed by atoms with Crippen LogP contribution in [0.25, 0.3) is 34.3 Å². The average Bonchev–Trinajstić information content (AvgIpc) is 3.70. The van der Waals surface area contributed by atoms with Crippen molar-refractivity contribution < 1.29 is 9.47 Å². The number of nitrogens with one attached hydrogen (secondary N) is 1. The third-order valence-electron chi connectivity index (χ3n) is 8.05. The molecule has 1 saturated heterocycles. The average molecular weight is 560 g/mol. The van der Waals surface area contributed by atoms with Crippen LogP contribution in [-0.4, -0.2) is 90.5 Å². The number of fused-ring (bicyclic) bond motifs is 4. The Hall–Kier alpha value is -3.70. The van der Waals surface area contributed by atoms with Gasteiger partial charge < -0.3 is 14.4 Å². The van der Waals surface area contributed by atoms with Gasteiger partial charge in [-0.3, -0.25) is 19.7 Å².